The highest BCUT2D eigenvalue weighted by Gasteiger charge is 2.20. The van der Waals surface area contributed by atoms with Crippen molar-refractivity contribution in [3.05, 3.63) is 40.8 Å². The summed E-state index contributed by atoms with van der Waals surface area (Å²) >= 11 is 0. The zero-order chi connectivity index (χ0) is 25.7. The van der Waals surface area contributed by atoms with Crippen LogP contribution in [0.5, 0.6) is 0 Å². The predicted octanol–water partition coefficient (Wildman–Crippen LogP) is 1.74. The molecule has 1 aromatic heterocycles. The van der Waals surface area contributed by atoms with E-state index in [1.807, 2.05) is 0 Å². The van der Waals surface area contributed by atoms with E-state index >= 15 is 0 Å². The van der Waals surface area contributed by atoms with Crippen LogP contribution >= 0.6 is 0 Å². The van der Waals surface area contributed by atoms with Crippen molar-refractivity contribution in [1.29, 1.82) is 0 Å². The molecule has 0 spiro atoms. The number of rotatable bonds is 12. The van der Waals surface area contributed by atoms with E-state index in [4.69, 9.17) is 4.74 Å². The molecular formula is C24H36N4O6. The van der Waals surface area contributed by atoms with E-state index in [0.717, 1.165) is 6.42 Å². The highest BCUT2D eigenvalue weighted by molar-refractivity contribution is 5.96. The molecule has 0 fully saturated rings. The van der Waals surface area contributed by atoms with Gasteiger partial charge in [0.2, 0.25) is 17.7 Å². The van der Waals surface area contributed by atoms with Crippen LogP contribution in [0.1, 0.15) is 53.9 Å². The molecule has 1 rings (SSSR count). The lowest BCUT2D eigenvalue weighted by Gasteiger charge is -2.18. The molecule has 1 heterocycles. The van der Waals surface area contributed by atoms with Crippen molar-refractivity contribution >= 4 is 29.4 Å². The van der Waals surface area contributed by atoms with Gasteiger partial charge in [0, 0.05) is 25.7 Å². The number of hydrogen-bond donors (Lipinski definition) is 3. The molecule has 0 aromatic carbocycles. The Morgan fingerprint density at radius 3 is 2.53 bits per heavy atom. The van der Waals surface area contributed by atoms with Gasteiger partial charge in [0.05, 0.1) is 6.61 Å². The minimum atomic E-state index is -0.918. The smallest absolute Gasteiger partial charge is 0.330 e. The van der Waals surface area contributed by atoms with Gasteiger partial charge in [0.1, 0.15) is 18.3 Å². The summed E-state index contributed by atoms with van der Waals surface area (Å²) in [7, 11) is 0. The topological polar surface area (TPSA) is 136 Å². The number of nitrogens with zero attached hydrogens (tertiary/aromatic N) is 1. The number of amides is 3. The summed E-state index contributed by atoms with van der Waals surface area (Å²) in [6.07, 6.45) is 5.60. The Morgan fingerprint density at radius 1 is 1.21 bits per heavy atom. The highest BCUT2D eigenvalue weighted by Crippen LogP contribution is 2.16. The standard InChI is InChI=1S/C24H36N4O6/c1-6-34-21(31)12-8-7-10-18(26-17(2)29)22(32)27-19-11-9-15-28(23(19)33)16-20(30)25-14-13-24(3,4)5/h8-9,11-12,15,18H,6-7,10,13-14,16H2,1-5H3,(H,25,30)(H,26,29)(H,27,32). The van der Waals surface area contributed by atoms with E-state index in [0.29, 0.717) is 13.0 Å². The van der Waals surface area contributed by atoms with Gasteiger partial charge in [0.25, 0.3) is 5.56 Å². The lowest BCUT2D eigenvalue weighted by Crippen LogP contribution is -2.44. The monoisotopic (exact) mass is 476 g/mol. The number of esters is 1. The van der Waals surface area contributed by atoms with Gasteiger partial charge in [-0.15, -0.1) is 0 Å². The quantitative estimate of drug-likeness (QED) is 0.311. The normalized spacial score (nSPS) is 12.1. The lowest BCUT2D eigenvalue weighted by molar-refractivity contribution is -0.137. The van der Waals surface area contributed by atoms with Crippen molar-refractivity contribution < 1.29 is 23.9 Å². The first-order chi connectivity index (χ1) is 15.9. The van der Waals surface area contributed by atoms with Crippen LogP contribution in [-0.4, -0.2) is 47.5 Å². The predicted molar refractivity (Wildman–Crippen MR) is 129 cm³/mol. The Hall–Kier alpha value is -3.43. The molecule has 10 nitrogen and oxygen atoms in total. The van der Waals surface area contributed by atoms with Gasteiger partial charge in [-0.1, -0.05) is 26.8 Å². The van der Waals surface area contributed by atoms with Crippen molar-refractivity contribution in [2.75, 3.05) is 18.5 Å². The van der Waals surface area contributed by atoms with Gasteiger partial charge in [-0.3, -0.25) is 19.2 Å². The molecule has 0 aliphatic rings. The van der Waals surface area contributed by atoms with Crippen LogP contribution in [-0.2, 0) is 30.5 Å². The third-order valence-corrected chi connectivity index (χ3v) is 4.65. The number of pyridine rings is 1. The van der Waals surface area contributed by atoms with Crippen molar-refractivity contribution in [2.24, 2.45) is 5.41 Å². The lowest BCUT2D eigenvalue weighted by atomic mass is 9.92. The van der Waals surface area contributed by atoms with E-state index in [1.54, 1.807) is 19.1 Å². The fourth-order valence-electron chi connectivity index (χ4n) is 2.91. The van der Waals surface area contributed by atoms with Gasteiger partial charge in [-0.2, -0.15) is 0 Å². The maximum absolute atomic E-state index is 12.7. The molecule has 3 N–H and O–H groups in total. The summed E-state index contributed by atoms with van der Waals surface area (Å²) in [5.74, 6) is -1.79. The van der Waals surface area contributed by atoms with E-state index in [2.05, 4.69) is 36.7 Å². The van der Waals surface area contributed by atoms with Gasteiger partial charge in [-0.25, -0.2) is 4.79 Å². The fourth-order valence-corrected chi connectivity index (χ4v) is 2.91. The average Bonchev–Trinajstić information content (AvgIpc) is 2.72. The molecule has 1 aromatic rings. The summed E-state index contributed by atoms with van der Waals surface area (Å²) in [6, 6.07) is 2.06. The highest BCUT2D eigenvalue weighted by atomic mass is 16.5. The summed E-state index contributed by atoms with van der Waals surface area (Å²) in [5.41, 5.74) is -0.467. The molecule has 0 aliphatic carbocycles. The van der Waals surface area contributed by atoms with Crippen molar-refractivity contribution in [3.8, 4) is 0 Å². The van der Waals surface area contributed by atoms with Crippen molar-refractivity contribution in [2.45, 2.75) is 66.5 Å². The fraction of sp³-hybridized carbons (Fsp3) is 0.542. The number of hydrogen-bond acceptors (Lipinski definition) is 6. The van der Waals surface area contributed by atoms with Gasteiger partial charge >= 0.3 is 5.97 Å². The number of carbonyl (C=O) groups excluding carboxylic acids is 4. The van der Waals surface area contributed by atoms with E-state index in [9.17, 15) is 24.0 Å². The minimum Gasteiger partial charge on any atom is -0.463 e. The maximum atomic E-state index is 12.7. The minimum absolute atomic E-state index is 0.00703. The zero-order valence-corrected chi connectivity index (χ0v) is 20.6. The molecule has 10 heteroatoms. The number of nitrogens with one attached hydrogen (secondary N) is 3. The zero-order valence-electron chi connectivity index (χ0n) is 20.6. The second kappa shape index (κ2) is 14.0. The first-order valence-corrected chi connectivity index (χ1v) is 11.3. The molecule has 0 aliphatic heterocycles. The molecule has 0 bridgehead atoms. The Balaban J connectivity index is 2.79. The third kappa shape index (κ3) is 11.4. The largest absolute Gasteiger partial charge is 0.463 e. The number of anilines is 1. The van der Waals surface area contributed by atoms with Crippen LogP contribution in [0.25, 0.3) is 0 Å². The second-order valence-electron chi connectivity index (χ2n) is 8.99. The van der Waals surface area contributed by atoms with Gasteiger partial charge in [0.15, 0.2) is 0 Å². The summed E-state index contributed by atoms with van der Waals surface area (Å²) in [6.45, 7) is 9.76. The SMILES string of the molecule is CCOC(=O)C=CCCC(NC(C)=O)C(=O)Nc1cccn(CC(=O)NCCC(C)(C)C)c1=O. The van der Waals surface area contributed by atoms with E-state index < -0.39 is 29.4 Å². The molecule has 0 saturated heterocycles. The molecule has 3 amide bonds. The Morgan fingerprint density at radius 2 is 1.91 bits per heavy atom. The molecule has 1 unspecified atom stereocenters. The number of ether oxygens (including phenoxy) is 1. The molecule has 0 saturated carbocycles. The molecule has 188 valence electrons. The maximum Gasteiger partial charge on any atom is 0.330 e. The summed E-state index contributed by atoms with van der Waals surface area (Å²) in [5, 5.41) is 7.86. The van der Waals surface area contributed by atoms with Crippen molar-refractivity contribution in [3.63, 3.8) is 0 Å². The van der Waals surface area contributed by atoms with Crippen LogP contribution in [0.3, 0.4) is 0 Å². The number of aromatic nitrogens is 1. The Labute approximate surface area is 200 Å². The van der Waals surface area contributed by atoms with Crippen LogP contribution in [0.4, 0.5) is 5.69 Å². The first kappa shape index (κ1) is 28.6. The summed E-state index contributed by atoms with van der Waals surface area (Å²) in [4.78, 5) is 60.6. The van der Waals surface area contributed by atoms with Crippen molar-refractivity contribution in [1.82, 2.24) is 15.2 Å². The van der Waals surface area contributed by atoms with Crippen LogP contribution < -0.4 is 21.5 Å². The van der Waals surface area contributed by atoms with E-state index in [-0.39, 0.29) is 36.6 Å². The summed E-state index contributed by atoms with van der Waals surface area (Å²) < 4.78 is 5.99. The molecule has 1 atom stereocenters. The van der Waals surface area contributed by atoms with E-state index in [1.165, 1.54) is 29.8 Å². The Kier molecular flexibility index (Phi) is 11.8. The van der Waals surface area contributed by atoms with Crippen LogP contribution in [0.15, 0.2) is 35.3 Å². The second-order valence-corrected chi connectivity index (χ2v) is 8.99. The Bertz CT molecular complexity index is 946. The molecule has 34 heavy (non-hydrogen) atoms. The van der Waals surface area contributed by atoms with Crippen LogP contribution in [0.2, 0.25) is 0 Å². The third-order valence-electron chi connectivity index (χ3n) is 4.65. The average molecular weight is 477 g/mol. The first-order valence-electron chi connectivity index (χ1n) is 11.3. The molecule has 0 radical (unpaired) electrons. The number of allylic oxidation sites excluding steroid dienone is 1. The van der Waals surface area contributed by atoms with Gasteiger partial charge < -0.3 is 25.3 Å². The van der Waals surface area contributed by atoms with Gasteiger partial charge in [-0.05, 0) is 43.7 Å². The number of carbonyl (C=O) groups is 4. The van der Waals surface area contributed by atoms with Crippen LogP contribution in [0, 0.1) is 5.41 Å². The molecular weight excluding hydrogens is 440 g/mol.